The van der Waals surface area contributed by atoms with Crippen molar-refractivity contribution in [3.8, 4) is 5.82 Å². The molecule has 1 aromatic carbocycles. The van der Waals surface area contributed by atoms with E-state index in [2.05, 4.69) is 46.3 Å². The number of anilines is 2. The van der Waals surface area contributed by atoms with Crippen molar-refractivity contribution in [2.24, 2.45) is 0 Å². The number of morpholine rings is 1. The van der Waals surface area contributed by atoms with Gasteiger partial charge in [0, 0.05) is 30.7 Å². The fourth-order valence-electron chi connectivity index (χ4n) is 3.75. The highest BCUT2D eigenvalue weighted by Gasteiger charge is 2.22. The van der Waals surface area contributed by atoms with Crippen LogP contribution < -0.4 is 10.2 Å². The molecule has 0 saturated carbocycles. The molecule has 1 fully saturated rings. The first-order valence-electron chi connectivity index (χ1n) is 10.3. The van der Waals surface area contributed by atoms with Crippen LogP contribution in [0.2, 0.25) is 0 Å². The van der Waals surface area contributed by atoms with E-state index in [1.807, 2.05) is 31.2 Å². The molecule has 7 heteroatoms. The van der Waals surface area contributed by atoms with Gasteiger partial charge in [-0.25, -0.2) is 9.67 Å². The summed E-state index contributed by atoms with van der Waals surface area (Å²) in [4.78, 5) is 19.8. The lowest BCUT2D eigenvalue weighted by atomic mass is 10.0. The number of hydrogen-bond acceptors (Lipinski definition) is 5. The van der Waals surface area contributed by atoms with Gasteiger partial charge in [0.2, 0.25) is 0 Å². The van der Waals surface area contributed by atoms with Gasteiger partial charge in [0.05, 0.1) is 30.7 Å². The summed E-state index contributed by atoms with van der Waals surface area (Å²) in [5.74, 6) is 0.648. The van der Waals surface area contributed by atoms with Crippen molar-refractivity contribution in [2.75, 3.05) is 36.5 Å². The fourth-order valence-corrected chi connectivity index (χ4v) is 3.75. The Morgan fingerprint density at radius 3 is 2.63 bits per heavy atom. The molecule has 0 radical (unpaired) electrons. The maximum Gasteiger partial charge on any atom is 0.259 e. The Bertz CT molecular complexity index is 1020. The Labute approximate surface area is 176 Å². The van der Waals surface area contributed by atoms with Crippen LogP contribution in [-0.2, 0) is 4.74 Å². The number of aromatic nitrogens is 3. The summed E-state index contributed by atoms with van der Waals surface area (Å²) in [6.07, 6.45) is 3.34. The summed E-state index contributed by atoms with van der Waals surface area (Å²) < 4.78 is 7.17. The minimum Gasteiger partial charge on any atom is -0.378 e. The average Bonchev–Trinajstić information content (AvgIpc) is 3.22. The summed E-state index contributed by atoms with van der Waals surface area (Å²) in [6.45, 7) is 9.38. The second kappa shape index (κ2) is 8.67. The Balaban J connectivity index is 1.58. The van der Waals surface area contributed by atoms with Gasteiger partial charge in [-0.2, -0.15) is 5.10 Å². The molecule has 3 heterocycles. The van der Waals surface area contributed by atoms with Crippen LogP contribution in [0.15, 0.2) is 48.8 Å². The average molecular weight is 406 g/mol. The molecular weight excluding hydrogens is 378 g/mol. The zero-order valence-electron chi connectivity index (χ0n) is 17.6. The maximum atomic E-state index is 13.1. The Morgan fingerprint density at radius 1 is 1.17 bits per heavy atom. The predicted octanol–water partition coefficient (Wildman–Crippen LogP) is 3.79. The second-order valence-corrected chi connectivity index (χ2v) is 7.75. The molecule has 3 aromatic rings. The van der Waals surface area contributed by atoms with Gasteiger partial charge in [0.1, 0.15) is 0 Å². The number of nitrogens with zero attached hydrogens (tertiary/aromatic N) is 4. The van der Waals surface area contributed by atoms with Gasteiger partial charge in [-0.05, 0) is 48.7 Å². The van der Waals surface area contributed by atoms with Crippen molar-refractivity contribution in [2.45, 2.75) is 26.7 Å². The topological polar surface area (TPSA) is 72.3 Å². The highest BCUT2D eigenvalue weighted by atomic mass is 16.5. The fraction of sp³-hybridized carbons (Fsp3) is 0.348. The lowest BCUT2D eigenvalue weighted by molar-refractivity contribution is 0.102. The Hall–Kier alpha value is -3.19. The van der Waals surface area contributed by atoms with Crippen LogP contribution in [0.4, 0.5) is 11.4 Å². The molecule has 156 valence electrons. The highest BCUT2D eigenvalue weighted by Crippen LogP contribution is 2.26. The van der Waals surface area contributed by atoms with Crippen molar-refractivity contribution in [1.82, 2.24) is 14.8 Å². The lowest BCUT2D eigenvalue weighted by Gasteiger charge is -2.29. The van der Waals surface area contributed by atoms with Crippen molar-refractivity contribution >= 4 is 17.3 Å². The van der Waals surface area contributed by atoms with Gasteiger partial charge in [-0.15, -0.1) is 0 Å². The van der Waals surface area contributed by atoms with Crippen LogP contribution in [0, 0.1) is 6.92 Å². The van der Waals surface area contributed by atoms with E-state index >= 15 is 0 Å². The molecule has 1 amide bonds. The van der Waals surface area contributed by atoms with Gasteiger partial charge in [-0.1, -0.05) is 19.9 Å². The Kier molecular flexibility index (Phi) is 5.81. The molecule has 1 saturated heterocycles. The van der Waals surface area contributed by atoms with E-state index < -0.39 is 0 Å². The summed E-state index contributed by atoms with van der Waals surface area (Å²) in [7, 11) is 0. The first-order chi connectivity index (χ1) is 14.5. The van der Waals surface area contributed by atoms with Gasteiger partial charge < -0.3 is 15.0 Å². The van der Waals surface area contributed by atoms with Gasteiger partial charge in [-0.3, -0.25) is 4.79 Å². The van der Waals surface area contributed by atoms with Crippen LogP contribution in [0.1, 0.15) is 41.4 Å². The van der Waals surface area contributed by atoms with Gasteiger partial charge in [0.15, 0.2) is 5.82 Å². The van der Waals surface area contributed by atoms with E-state index in [4.69, 9.17) is 4.74 Å². The number of rotatable bonds is 5. The molecule has 2 aromatic heterocycles. The molecule has 1 aliphatic heterocycles. The standard InChI is InChI=1S/C23H27N5O2/c1-16(2)22-19(15-25-28(22)21-6-4-5-9-24-21)23(29)26-20-8-7-18(14-17(20)3)27-10-12-30-13-11-27/h4-9,14-16H,10-13H2,1-3H3,(H,26,29). The smallest absolute Gasteiger partial charge is 0.259 e. The molecule has 30 heavy (non-hydrogen) atoms. The molecule has 0 aliphatic carbocycles. The van der Waals surface area contributed by atoms with Crippen molar-refractivity contribution in [1.29, 1.82) is 0 Å². The van der Waals surface area contributed by atoms with Crippen LogP contribution in [0.5, 0.6) is 0 Å². The summed E-state index contributed by atoms with van der Waals surface area (Å²) in [5, 5.41) is 7.50. The van der Waals surface area contributed by atoms with Crippen molar-refractivity contribution in [3.63, 3.8) is 0 Å². The minimum atomic E-state index is -0.164. The molecule has 7 nitrogen and oxygen atoms in total. The number of amides is 1. The number of nitrogens with one attached hydrogen (secondary N) is 1. The maximum absolute atomic E-state index is 13.1. The highest BCUT2D eigenvalue weighted by molar-refractivity contribution is 6.05. The number of hydrogen-bond donors (Lipinski definition) is 1. The molecule has 4 rings (SSSR count). The van der Waals surface area contributed by atoms with Crippen LogP contribution in [0.3, 0.4) is 0 Å². The molecule has 0 bridgehead atoms. The quantitative estimate of drug-likeness (QED) is 0.699. The zero-order valence-corrected chi connectivity index (χ0v) is 17.6. The summed E-state index contributed by atoms with van der Waals surface area (Å²) in [6, 6.07) is 11.8. The number of pyridine rings is 1. The first kappa shape index (κ1) is 20.1. The third-order valence-electron chi connectivity index (χ3n) is 5.30. The van der Waals surface area contributed by atoms with Gasteiger partial charge in [0.25, 0.3) is 5.91 Å². The van der Waals surface area contributed by atoms with E-state index in [1.165, 1.54) is 0 Å². The van der Waals surface area contributed by atoms with E-state index in [0.717, 1.165) is 48.9 Å². The third-order valence-corrected chi connectivity index (χ3v) is 5.30. The van der Waals surface area contributed by atoms with Crippen LogP contribution in [-0.4, -0.2) is 47.0 Å². The van der Waals surface area contributed by atoms with Gasteiger partial charge >= 0.3 is 0 Å². The summed E-state index contributed by atoms with van der Waals surface area (Å²) >= 11 is 0. The van der Waals surface area contributed by atoms with Crippen molar-refractivity contribution in [3.05, 3.63) is 65.6 Å². The van der Waals surface area contributed by atoms with E-state index in [-0.39, 0.29) is 11.8 Å². The van der Waals surface area contributed by atoms with Crippen LogP contribution >= 0.6 is 0 Å². The minimum absolute atomic E-state index is 0.111. The number of carbonyl (C=O) groups is 1. The van der Waals surface area contributed by atoms with E-state index in [1.54, 1.807) is 17.1 Å². The summed E-state index contributed by atoms with van der Waals surface area (Å²) in [5.41, 5.74) is 4.38. The number of carbonyl (C=O) groups excluding carboxylic acids is 1. The van der Waals surface area contributed by atoms with Crippen LogP contribution in [0.25, 0.3) is 5.82 Å². The lowest BCUT2D eigenvalue weighted by Crippen LogP contribution is -2.36. The normalized spacial score (nSPS) is 14.2. The number of benzene rings is 1. The van der Waals surface area contributed by atoms with E-state index in [9.17, 15) is 4.79 Å². The molecule has 0 atom stereocenters. The predicted molar refractivity (Wildman–Crippen MR) is 118 cm³/mol. The molecule has 1 aliphatic rings. The number of ether oxygens (including phenoxy) is 1. The van der Waals surface area contributed by atoms with Crippen molar-refractivity contribution < 1.29 is 9.53 Å². The Morgan fingerprint density at radius 2 is 1.97 bits per heavy atom. The molecule has 1 N–H and O–H groups in total. The zero-order chi connectivity index (χ0) is 21.1. The van der Waals surface area contributed by atoms with E-state index in [0.29, 0.717) is 11.4 Å². The third kappa shape index (κ3) is 4.07. The molecule has 0 spiro atoms. The largest absolute Gasteiger partial charge is 0.378 e. The SMILES string of the molecule is Cc1cc(N2CCOCC2)ccc1NC(=O)c1cnn(-c2ccccn2)c1C(C)C. The molecular formula is C23H27N5O2. The number of aryl methyl sites for hydroxylation is 1. The first-order valence-corrected chi connectivity index (χ1v) is 10.3. The monoisotopic (exact) mass is 405 g/mol. The second-order valence-electron chi connectivity index (χ2n) is 7.75. The molecule has 0 unspecified atom stereocenters.